The molecule has 2 N–H and O–H groups in total. The van der Waals surface area contributed by atoms with Crippen LogP contribution in [0.1, 0.15) is 18.7 Å². The third kappa shape index (κ3) is 3.03. The molecule has 0 saturated carbocycles. The van der Waals surface area contributed by atoms with Crippen molar-refractivity contribution in [3.63, 3.8) is 0 Å². The molecule has 2 nitrogen and oxygen atoms in total. The van der Waals surface area contributed by atoms with Gasteiger partial charge in [0.05, 0.1) is 17.0 Å². The molecular weight excluding hydrogens is 276 g/mol. The lowest BCUT2D eigenvalue weighted by Gasteiger charge is -2.33. The molecule has 1 aromatic rings. The van der Waals surface area contributed by atoms with E-state index in [2.05, 4.69) is 15.9 Å². The average molecular weight is 293 g/mol. The Morgan fingerprint density at radius 1 is 1.33 bits per heavy atom. The van der Waals surface area contributed by atoms with Crippen LogP contribution in [0, 0.1) is 11.3 Å². The Morgan fingerprint density at radius 3 is 2.27 bits per heavy atom. The highest BCUT2D eigenvalue weighted by molar-refractivity contribution is 9.11. The summed E-state index contributed by atoms with van der Waals surface area (Å²) in [6.45, 7) is 4.12. The molecule has 0 atom stereocenters. The van der Waals surface area contributed by atoms with Gasteiger partial charge in [-0.15, -0.1) is 11.3 Å². The van der Waals surface area contributed by atoms with Crippen LogP contribution < -0.4 is 0 Å². The first-order valence-electron chi connectivity index (χ1n) is 5.00. The fourth-order valence-corrected chi connectivity index (χ4v) is 3.16. The molecule has 0 spiro atoms. The summed E-state index contributed by atoms with van der Waals surface area (Å²) < 4.78 is 1.09. The van der Waals surface area contributed by atoms with Crippen molar-refractivity contribution in [1.82, 2.24) is 0 Å². The fraction of sp³-hybridized carbons (Fsp3) is 0.636. The molecule has 0 bridgehead atoms. The van der Waals surface area contributed by atoms with Gasteiger partial charge in [-0.3, -0.25) is 0 Å². The lowest BCUT2D eigenvalue weighted by Crippen LogP contribution is -2.37. The minimum Gasteiger partial charge on any atom is -0.396 e. The number of hydrogen-bond acceptors (Lipinski definition) is 3. The topological polar surface area (TPSA) is 40.5 Å². The standard InChI is InChI=1S/C11H17BrO2S/c1-8(2)11(6-13,7-14)5-9-3-4-10(12)15-9/h3-4,8,13-14H,5-7H2,1-2H3. The Kier molecular flexibility index (Phi) is 4.77. The van der Waals surface area contributed by atoms with Gasteiger partial charge < -0.3 is 10.2 Å². The smallest absolute Gasteiger partial charge is 0.0701 e. The zero-order valence-corrected chi connectivity index (χ0v) is 11.4. The normalized spacial score (nSPS) is 12.4. The second-order valence-corrected chi connectivity index (χ2v) is 6.76. The molecule has 0 fully saturated rings. The molecule has 0 aromatic carbocycles. The van der Waals surface area contributed by atoms with E-state index < -0.39 is 5.41 Å². The highest BCUT2D eigenvalue weighted by atomic mass is 79.9. The number of thiophene rings is 1. The van der Waals surface area contributed by atoms with Crippen molar-refractivity contribution in [3.8, 4) is 0 Å². The van der Waals surface area contributed by atoms with E-state index >= 15 is 0 Å². The number of aliphatic hydroxyl groups is 2. The van der Waals surface area contributed by atoms with Crippen molar-refractivity contribution in [2.45, 2.75) is 20.3 Å². The quantitative estimate of drug-likeness (QED) is 0.876. The van der Waals surface area contributed by atoms with Crippen molar-refractivity contribution in [2.24, 2.45) is 11.3 Å². The predicted molar refractivity (Wildman–Crippen MR) is 67.2 cm³/mol. The van der Waals surface area contributed by atoms with Crippen LogP contribution in [0.4, 0.5) is 0 Å². The van der Waals surface area contributed by atoms with Crippen molar-refractivity contribution in [1.29, 1.82) is 0 Å². The molecule has 0 aliphatic carbocycles. The van der Waals surface area contributed by atoms with Crippen LogP contribution in [0.15, 0.2) is 15.9 Å². The SMILES string of the molecule is CC(C)C(CO)(CO)Cc1ccc(Br)s1. The average Bonchev–Trinajstić information content (AvgIpc) is 2.60. The lowest BCUT2D eigenvalue weighted by atomic mass is 9.75. The number of rotatable bonds is 5. The molecule has 86 valence electrons. The van der Waals surface area contributed by atoms with Crippen LogP contribution in [0.3, 0.4) is 0 Å². The molecule has 0 aliphatic heterocycles. The van der Waals surface area contributed by atoms with Gasteiger partial charge in [0.1, 0.15) is 0 Å². The van der Waals surface area contributed by atoms with Crippen molar-refractivity contribution in [2.75, 3.05) is 13.2 Å². The fourth-order valence-electron chi connectivity index (χ4n) is 1.52. The summed E-state index contributed by atoms with van der Waals surface area (Å²) in [6.07, 6.45) is 0.730. The van der Waals surface area contributed by atoms with E-state index in [9.17, 15) is 10.2 Å². The second-order valence-electron chi connectivity index (χ2n) is 4.22. The molecule has 4 heteroatoms. The summed E-state index contributed by atoms with van der Waals surface area (Å²) in [6, 6.07) is 4.04. The zero-order valence-electron chi connectivity index (χ0n) is 9.03. The van der Waals surface area contributed by atoms with E-state index in [4.69, 9.17) is 0 Å². The van der Waals surface area contributed by atoms with E-state index in [1.165, 1.54) is 4.88 Å². The summed E-state index contributed by atoms with van der Waals surface area (Å²) in [5.41, 5.74) is -0.399. The highest BCUT2D eigenvalue weighted by Crippen LogP contribution is 2.34. The number of halogens is 1. The first-order valence-corrected chi connectivity index (χ1v) is 6.61. The molecule has 0 radical (unpaired) electrons. The summed E-state index contributed by atoms with van der Waals surface area (Å²) in [7, 11) is 0. The molecular formula is C11H17BrO2S. The maximum Gasteiger partial charge on any atom is 0.0701 e. The maximum absolute atomic E-state index is 9.45. The second kappa shape index (κ2) is 5.43. The molecule has 15 heavy (non-hydrogen) atoms. The zero-order chi connectivity index (χ0) is 11.5. The minimum atomic E-state index is -0.399. The van der Waals surface area contributed by atoms with Crippen molar-refractivity contribution in [3.05, 3.63) is 20.8 Å². The maximum atomic E-state index is 9.45. The number of hydrogen-bond donors (Lipinski definition) is 2. The molecule has 0 saturated heterocycles. The molecule has 0 aliphatic rings. The van der Waals surface area contributed by atoms with Gasteiger partial charge in [0.2, 0.25) is 0 Å². The first-order chi connectivity index (χ1) is 7.04. The van der Waals surface area contributed by atoms with E-state index in [1.807, 2.05) is 26.0 Å². The van der Waals surface area contributed by atoms with E-state index in [1.54, 1.807) is 11.3 Å². The van der Waals surface area contributed by atoms with Crippen LogP contribution in [-0.4, -0.2) is 23.4 Å². The summed E-state index contributed by atoms with van der Waals surface area (Å²) in [4.78, 5) is 1.19. The molecule has 1 aromatic heterocycles. The lowest BCUT2D eigenvalue weighted by molar-refractivity contribution is 0.0170. The van der Waals surface area contributed by atoms with Gasteiger partial charge in [0.25, 0.3) is 0 Å². The van der Waals surface area contributed by atoms with Crippen LogP contribution in [0.25, 0.3) is 0 Å². The van der Waals surface area contributed by atoms with E-state index in [0.29, 0.717) is 0 Å². The first kappa shape index (κ1) is 13.2. The monoisotopic (exact) mass is 292 g/mol. The van der Waals surface area contributed by atoms with Crippen molar-refractivity contribution < 1.29 is 10.2 Å². The van der Waals surface area contributed by atoms with Gasteiger partial charge >= 0.3 is 0 Å². The Hall–Kier alpha value is 0.1000. The van der Waals surface area contributed by atoms with Crippen LogP contribution in [0.5, 0.6) is 0 Å². The van der Waals surface area contributed by atoms with Gasteiger partial charge in [-0.2, -0.15) is 0 Å². The van der Waals surface area contributed by atoms with Crippen LogP contribution >= 0.6 is 27.3 Å². The molecule has 1 rings (SSSR count). The van der Waals surface area contributed by atoms with E-state index in [0.717, 1.165) is 10.2 Å². The van der Waals surface area contributed by atoms with Gasteiger partial charge in [-0.1, -0.05) is 13.8 Å². The number of aliphatic hydroxyl groups excluding tert-OH is 2. The van der Waals surface area contributed by atoms with Gasteiger partial charge in [0.15, 0.2) is 0 Å². The largest absolute Gasteiger partial charge is 0.396 e. The van der Waals surface area contributed by atoms with E-state index in [-0.39, 0.29) is 19.1 Å². The predicted octanol–water partition coefficient (Wildman–Crippen LogP) is 2.68. The minimum absolute atomic E-state index is 0.0245. The van der Waals surface area contributed by atoms with Crippen molar-refractivity contribution >= 4 is 27.3 Å². The Bertz CT molecular complexity index is 305. The van der Waals surface area contributed by atoms with Gasteiger partial charge in [0, 0.05) is 10.3 Å². The van der Waals surface area contributed by atoms with Gasteiger partial charge in [-0.05, 0) is 40.4 Å². The molecule has 1 heterocycles. The molecule has 0 amide bonds. The Balaban J connectivity index is 2.83. The van der Waals surface area contributed by atoms with Crippen LogP contribution in [-0.2, 0) is 6.42 Å². The van der Waals surface area contributed by atoms with Crippen LogP contribution in [0.2, 0.25) is 0 Å². The third-order valence-electron chi connectivity index (χ3n) is 3.01. The summed E-state index contributed by atoms with van der Waals surface area (Å²) >= 11 is 5.07. The third-order valence-corrected chi connectivity index (χ3v) is 4.63. The highest BCUT2D eigenvalue weighted by Gasteiger charge is 2.33. The Morgan fingerprint density at radius 2 is 1.93 bits per heavy atom. The summed E-state index contributed by atoms with van der Waals surface area (Å²) in [5.74, 6) is 0.258. The molecule has 0 unspecified atom stereocenters. The summed E-state index contributed by atoms with van der Waals surface area (Å²) in [5, 5.41) is 18.9. The Labute approximate surface area is 103 Å². The van der Waals surface area contributed by atoms with Gasteiger partial charge in [-0.25, -0.2) is 0 Å².